The Labute approximate surface area is 217 Å². The van der Waals surface area contributed by atoms with E-state index in [4.69, 9.17) is 4.74 Å². The Hall–Kier alpha value is -2.77. The number of nitrogens with one attached hydrogen (secondary N) is 2. The fourth-order valence-electron chi connectivity index (χ4n) is 4.07. The molecule has 0 saturated heterocycles. The van der Waals surface area contributed by atoms with Crippen molar-refractivity contribution in [2.24, 2.45) is 5.92 Å². The molecule has 1 aromatic rings. The molecule has 3 amide bonds. The van der Waals surface area contributed by atoms with Crippen molar-refractivity contribution in [2.75, 3.05) is 0 Å². The highest BCUT2D eigenvalue weighted by Crippen LogP contribution is 2.30. The lowest BCUT2D eigenvalue weighted by Gasteiger charge is -2.39. The Morgan fingerprint density at radius 1 is 1.06 bits per heavy atom. The summed E-state index contributed by atoms with van der Waals surface area (Å²) in [5, 5.41) is 15.9. The van der Waals surface area contributed by atoms with Crippen LogP contribution in [0.2, 0.25) is 0 Å². The summed E-state index contributed by atoms with van der Waals surface area (Å²) in [5.74, 6) is -0.748. The summed E-state index contributed by atoms with van der Waals surface area (Å²) < 4.78 is 5.43. The van der Waals surface area contributed by atoms with Crippen molar-refractivity contribution in [3.05, 3.63) is 29.3 Å². The van der Waals surface area contributed by atoms with E-state index in [1.807, 2.05) is 41.5 Å². The first-order valence-electron chi connectivity index (χ1n) is 13.0. The van der Waals surface area contributed by atoms with Crippen LogP contribution in [-0.2, 0) is 14.3 Å². The van der Waals surface area contributed by atoms with Crippen LogP contribution in [0, 0.1) is 12.8 Å². The molecule has 0 saturated carbocycles. The van der Waals surface area contributed by atoms with E-state index in [0.717, 1.165) is 12.8 Å². The van der Waals surface area contributed by atoms with Crippen molar-refractivity contribution in [2.45, 2.75) is 118 Å². The molecule has 4 unspecified atom stereocenters. The monoisotopic (exact) mass is 505 g/mol. The lowest BCUT2D eigenvalue weighted by molar-refractivity contribution is -0.145. The van der Waals surface area contributed by atoms with Crippen molar-refractivity contribution < 1.29 is 24.2 Å². The number of alkyl carbamates (subject to hydrolysis) is 1. The van der Waals surface area contributed by atoms with E-state index in [9.17, 15) is 19.5 Å². The average molecular weight is 506 g/mol. The number of phenols is 1. The first-order valence-corrected chi connectivity index (χ1v) is 13.0. The fourth-order valence-corrected chi connectivity index (χ4v) is 4.07. The van der Waals surface area contributed by atoms with Crippen molar-refractivity contribution in [3.8, 4) is 5.75 Å². The van der Waals surface area contributed by atoms with Crippen LogP contribution in [0.3, 0.4) is 0 Å². The fraction of sp³-hybridized carbons (Fsp3) is 0.679. The summed E-state index contributed by atoms with van der Waals surface area (Å²) >= 11 is 0. The molecule has 0 fully saturated rings. The minimum atomic E-state index is -0.942. The average Bonchev–Trinajstić information content (AvgIpc) is 2.75. The van der Waals surface area contributed by atoms with Gasteiger partial charge in [-0.15, -0.1) is 0 Å². The highest BCUT2D eigenvalue weighted by molar-refractivity contribution is 5.92. The third-order valence-electron chi connectivity index (χ3n) is 6.14. The Bertz CT molecular complexity index is 894. The molecule has 3 N–H and O–H groups in total. The van der Waals surface area contributed by atoms with Gasteiger partial charge in [-0.05, 0) is 84.1 Å². The topological polar surface area (TPSA) is 108 Å². The highest BCUT2D eigenvalue weighted by Gasteiger charge is 2.39. The van der Waals surface area contributed by atoms with Crippen molar-refractivity contribution in [3.63, 3.8) is 0 Å². The number of aromatic hydroxyl groups is 1. The van der Waals surface area contributed by atoms with Gasteiger partial charge in [0.2, 0.25) is 11.8 Å². The molecule has 1 aromatic carbocycles. The Balaban J connectivity index is 3.54. The van der Waals surface area contributed by atoms with E-state index < -0.39 is 23.8 Å². The van der Waals surface area contributed by atoms with E-state index in [0.29, 0.717) is 17.5 Å². The van der Waals surface area contributed by atoms with E-state index >= 15 is 0 Å². The van der Waals surface area contributed by atoms with Crippen molar-refractivity contribution in [1.82, 2.24) is 15.5 Å². The quantitative estimate of drug-likeness (QED) is 0.382. The van der Waals surface area contributed by atoms with E-state index in [1.54, 1.807) is 39.8 Å². The van der Waals surface area contributed by atoms with Crippen molar-refractivity contribution in [1.29, 1.82) is 0 Å². The molecule has 204 valence electrons. The zero-order valence-electron chi connectivity index (χ0n) is 23.8. The molecule has 0 aliphatic heterocycles. The Morgan fingerprint density at radius 2 is 1.67 bits per heavy atom. The van der Waals surface area contributed by atoms with E-state index in [1.165, 1.54) is 11.0 Å². The minimum Gasteiger partial charge on any atom is -0.508 e. The molecule has 0 aliphatic rings. The van der Waals surface area contributed by atoms with Crippen LogP contribution in [0.5, 0.6) is 5.75 Å². The maximum absolute atomic E-state index is 14.1. The molecule has 0 radical (unpaired) electrons. The van der Waals surface area contributed by atoms with Crippen LogP contribution in [0.25, 0.3) is 0 Å². The highest BCUT2D eigenvalue weighted by atomic mass is 16.6. The molecule has 8 nitrogen and oxygen atoms in total. The Kier molecular flexibility index (Phi) is 11.7. The summed E-state index contributed by atoms with van der Waals surface area (Å²) in [6.07, 6.45) is 1.68. The third-order valence-corrected chi connectivity index (χ3v) is 6.14. The molecule has 0 bridgehead atoms. The standard InChI is InChI=1S/C28H47N3O5/c1-11-13-20(7)29-25(33)24(21-14-15-22(32)19(6)16-21)31(17(3)4)26(34)23(18(5)12-2)30-27(35)36-28(8,9)10/h14-18,20,23-24,32H,11-13H2,1-10H3,(H,29,33)(H,30,35). The second kappa shape index (κ2) is 13.5. The molecule has 0 aromatic heterocycles. The number of aryl methyl sites for hydroxylation is 1. The molecule has 36 heavy (non-hydrogen) atoms. The van der Waals surface area contributed by atoms with Gasteiger partial charge in [0.05, 0.1) is 0 Å². The number of hydrogen-bond acceptors (Lipinski definition) is 5. The molecule has 0 spiro atoms. The number of carbonyl (C=O) groups is 3. The predicted octanol–water partition coefficient (Wildman–Crippen LogP) is 5.22. The third kappa shape index (κ3) is 9.03. The van der Waals surface area contributed by atoms with Gasteiger partial charge in [-0.1, -0.05) is 39.7 Å². The van der Waals surface area contributed by atoms with E-state index in [-0.39, 0.29) is 35.6 Å². The van der Waals surface area contributed by atoms with Gasteiger partial charge in [-0.3, -0.25) is 9.59 Å². The van der Waals surface area contributed by atoms with Gasteiger partial charge >= 0.3 is 6.09 Å². The second-order valence-corrected chi connectivity index (χ2v) is 11.0. The normalized spacial score (nSPS) is 15.0. The van der Waals surface area contributed by atoms with Crippen LogP contribution in [0.4, 0.5) is 4.79 Å². The second-order valence-electron chi connectivity index (χ2n) is 11.0. The number of rotatable bonds is 11. The first kappa shape index (κ1) is 31.3. The van der Waals surface area contributed by atoms with Gasteiger partial charge in [0.25, 0.3) is 0 Å². The molecular weight excluding hydrogens is 458 g/mol. The van der Waals surface area contributed by atoms with Crippen LogP contribution in [0.1, 0.15) is 98.7 Å². The number of carbonyl (C=O) groups excluding carboxylic acids is 3. The van der Waals surface area contributed by atoms with Gasteiger partial charge in [0.1, 0.15) is 23.4 Å². The van der Waals surface area contributed by atoms with Crippen molar-refractivity contribution >= 4 is 17.9 Å². The molecule has 4 atom stereocenters. The number of nitrogens with zero attached hydrogens (tertiary/aromatic N) is 1. The largest absolute Gasteiger partial charge is 0.508 e. The Morgan fingerprint density at radius 3 is 2.14 bits per heavy atom. The lowest BCUT2D eigenvalue weighted by atomic mass is 9.94. The lowest BCUT2D eigenvalue weighted by Crippen LogP contribution is -2.57. The van der Waals surface area contributed by atoms with Crippen LogP contribution in [-0.4, -0.2) is 51.6 Å². The SMILES string of the molecule is CCCC(C)NC(=O)C(c1ccc(O)c(C)c1)N(C(=O)C(NC(=O)OC(C)(C)C)C(C)CC)C(C)C. The number of phenolic OH excluding ortho intramolecular Hbond substituents is 1. The summed E-state index contributed by atoms with van der Waals surface area (Å²) in [4.78, 5) is 41.9. The zero-order valence-corrected chi connectivity index (χ0v) is 23.8. The first-order chi connectivity index (χ1) is 16.6. The molecule has 8 heteroatoms. The van der Waals surface area contributed by atoms with Gasteiger partial charge in [0.15, 0.2) is 0 Å². The smallest absolute Gasteiger partial charge is 0.408 e. The van der Waals surface area contributed by atoms with Crippen LogP contribution in [0.15, 0.2) is 18.2 Å². The van der Waals surface area contributed by atoms with E-state index in [2.05, 4.69) is 10.6 Å². The maximum atomic E-state index is 14.1. The molecular formula is C28H47N3O5. The summed E-state index contributed by atoms with van der Waals surface area (Å²) in [6.45, 7) is 18.6. The number of hydrogen-bond donors (Lipinski definition) is 3. The van der Waals surface area contributed by atoms with Gasteiger partial charge < -0.3 is 25.4 Å². The summed E-state index contributed by atoms with van der Waals surface area (Å²) in [6, 6.07) is 2.69. The summed E-state index contributed by atoms with van der Waals surface area (Å²) in [7, 11) is 0. The maximum Gasteiger partial charge on any atom is 0.408 e. The van der Waals surface area contributed by atoms with Gasteiger partial charge in [-0.2, -0.15) is 0 Å². The van der Waals surface area contributed by atoms with Gasteiger partial charge in [-0.25, -0.2) is 4.79 Å². The zero-order chi connectivity index (χ0) is 27.8. The molecule has 0 aliphatic carbocycles. The number of ether oxygens (including phenoxy) is 1. The van der Waals surface area contributed by atoms with Gasteiger partial charge in [0, 0.05) is 12.1 Å². The number of amides is 3. The summed E-state index contributed by atoms with van der Waals surface area (Å²) in [5.41, 5.74) is 0.480. The predicted molar refractivity (Wildman–Crippen MR) is 143 cm³/mol. The molecule has 1 rings (SSSR count). The van der Waals surface area contributed by atoms with Crippen LogP contribution < -0.4 is 10.6 Å². The molecule has 0 heterocycles. The van der Waals surface area contributed by atoms with Crippen LogP contribution >= 0.6 is 0 Å². The number of benzene rings is 1. The minimum absolute atomic E-state index is 0.0717.